The van der Waals surface area contributed by atoms with Gasteiger partial charge in [-0.2, -0.15) is 0 Å². The Bertz CT molecular complexity index is 258. The Labute approximate surface area is 68.4 Å². The fourth-order valence-electron chi connectivity index (χ4n) is 0.813. The monoisotopic (exact) mass is 176 g/mol. The average Bonchev–Trinajstić information content (AvgIpc) is 2.35. The molecule has 0 atom stereocenters. The number of halogens is 2. The molecule has 1 heterocycles. The lowest BCUT2D eigenvalue weighted by atomic mass is 10.2. The van der Waals surface area contributed by atoms with Crippen LogP contribution in [0.3, 0.4) is 0 Å². The number of aromatic nitrogens is 3. The smallest absolute Gasteiger partial charge is 0.265 e. The van der Waals surface area contributed by atoms with E-state index in [1.54, 1.807) is 7.05 Å². The Morgan fingerprint density at radius 3 is 2.75 bits per heavy atom. The summed E-state index contributed by atoms with van der Waals surface area (Å²) < 4.78 is 26.7. The summed E-state index contributed by atoms with van der Waals surface area (Å²) in [6.45, 7) is -0.663. The summed E-state index contributed by atoms with van der Waals surface area (Å²) in [5.74, 6) is -2.88. The van der Waals surface area contributed by atoms with Crippen LogP contribution < -0.4 is 5.73 Å². The minimum atomic E-state index is -2.88. The lowest BCUT2D eigenvalue weighted by Gasteiger charge is -2.10. The summed E-state index contributed by atoms with van der Waals surface area (Å²) >= 11 is 0. The van der Waals surface area contributed by atoms with Crippen molar-refractivity contribution in [2.75, 3.05) is 6.54 Å². The number of rotatable bonds is 3. The molecule has 6 heteroatoms. The van der Waals surface area contributed by atoms with Crippen molar-refractivity contribution in [1.29, 1.82) is 0 Å². The Morgan fingerprint density at radius 1 is 1.67 bits per heavy atom. The summed E-state index contributed by atoms with van der Waals surface area (Å²) in [7, 11) is 1.62. The van der Waals surface area contributed by atoms with Gasteiger partial charge in [-0.05, 0) is 0 Å². The zero-order valence-electron chi connectivity index (χ0n) is 6.67. The number of hydrogen-bond acceptors (Lipinski definition) is 3. The molecule has 0 aliphatic rings. The van der Waals surface area contributed by atoms with Gasteiger partial charge in [0.2, 0.25) is 0 Å². The molecule has 0 saturated carbocycles. The molecule has 0 aliphatic heterocycles. The van der Waals surface area contributed by atoms with E-state index < -0.39 is 18.9 Å². The molecule has 4 nitrogen and oxygen atoms in total. The van der Waals surface area contributed by atoms with Gasteiger partial charge in [0.25, 0.3) is 5.92 Å². The van der Waals surface area contributed by atoms with Crippen molar-refractivity contribution in [2.45, 2.75) is 12.3 Å². The van der Waals surface area contributed by atoms with Crippen molar-refractivity contribution < 1.29 is 8.78 Å². The first-order valence-electron chi connectivity index (χ1n) is 3.46. The van der Waals surface area contributed by atoms with E-state index in [1.165, 1.54) is 10.9 Å². The van der Waals surface area contributed by atoms with Crippen LogP contribution in [0.2, 0.25) is 0 Å². The van der Waals surface area contributed by atoms with Gasteiger partial charge in [0.1, 0.15) is 0 Å². The third-order valence-electron chi connectivity index (χ3n) is 1.39. The molecule has 0 fully saturated rings. The van der Waals surface area contributed by atoms with Gasteiger partial charge < -0.3 is 5.73 Å². The van der Waals surface area contributed by atoms with Gasteiger partial charge in [0.15, 0.2) is 0 Å². The van der Waals surface area contributed by atoms with Gasteiger partial charge >= 0.3 is 0 Å². The van der Waals surface area contributed by atoms with Crippen LogP contribution in [-0.4, -0.2) is 27.5 Å². The molecule has 68 valence electrons. The maximum Gasteiger partial charge on any atom is 0.265 e. The Kier molecular flexibility index (Phi) is 2.37. The third kappa shape index (κ3) is 2.23. The lowest BCUT2D eigenvalue weighted by molar-refractivity contribution is 0.0105. The molecule has 0 bridgehead atoms. The van der Waals surface area contributed by atoms with Gasteiger partial charge in [0, 0.05) is 13.2 Å². The standard InChI is InChI=1S/C6H10F2N4/c1-12-3-5(10-11-12)2-6(7,8)4-9/h3H,2,4,9H2,1H3. The predicted molar refractivity (Wildman–Crippen MR) is 38.7 cm³/mol. The maximum atomic E-state index is 12.6. The number of aryl methyl sites for hydroxylation is 1. The van der Waals surface area contributed by atoms with Crippen molar-refractivity contribution in [3.63, 3.8) is 0 Å². The molecule has 0 saturated heterocycles. The minimum Gasteiger partial charge on any atom is -0.325 e. The molecule has 0 radical (unpaired) electrons. The van der Waals surface area contributed by atoms with E-state index in [2.05, 4.69) is 10.3 Å². The minimum absolute atomic E-state index is 0.257. The van der Waals surface area contributed by atoms with E-state index in [-0.39, 0.29) is 5.69 Å². The quantitative estimate of drug-likeness (QED) is 0.702. The van der Waals surface area contributed by atoms with Crippen LogP contribution in [0.25, 0.3) is 0 Å². The van der Waals surface area contributed by atoms with E-state index in [0.29, 0.717) is 0 Å². The summed E-state index contributed by atoms with van der Waals surface area (Å²) in [5, 5.41) is 7.05. The van der Waals surface area contributed by atoms with Crippen LogP contribution in [0.1, 0.15) is 5.69 Å². The topological polar surface area (TPSA) is 56.7 Å². The van der Waals surface area contributed by atoms with E-state index in [1.807, 2.05) is 0 Å². The second kappa shape index (κ2) is 3.14. The summed E-state index contributed by atoms with van der Waals surface area (Å²) in [5.41, 5.74) is 5.11. The normalized spacial score (nSPS) is 12.0. The maximum absolute atomic E-state index is 12.6. The van der Waals surface area contributed by atoms with Gasteiger partial charge in [-0.1, -0.05) is 5.21 Å². The zero-order valence-corrected chi connectivity index (χ0v) is 6.67. The highest BCUT2D eigenvalue weighted by Crippen LogP contribution is 2.16. The molecule has 1 rings (SSSR count). The summed E-state index contributed by atoms with van der Waals surface area (Å²) in [4.78, 5) is 0. The third-order valence-corrected chi connectivity index (χ3v) is 1.39. The molecule has 0 unspecified atom stereocenters. The number of hydrogen-bond donors (Lipinski definition) is 1. The second-order valence-corrected chi connectivity index (χ2v) is 2.62. The average molecular weight is 176 g/mol. The first kappa shape index (κ1) is 9.05. The number of nitrogens with zero attached hydrogens (tertiary/aromatic N) is 3. The van der Waals surface area contributed by atoms with Crippen LogP contribution in [0, 0.1) is 0 Å². The lowest BCUT2D eigenvalue weighted by Crippen LogP contribution is -2.30. The van der Waals surface area contributed by atoms with Crippen LogP contribution in [0.15, 0.2) is 6.20 Å². The van der Waals surface area contributed by atoms with Crippen molar-refractivity contribution >= 4 is 0 Å². The molecule has 1 aromatic heterocycles. The summed E-state index contributed by atoms with van der Waals surface area (Å²) in [6.07, 6.45) is 1.00. The number of nitrogens with two attached hydrogens (primary N) is 1. The van der Waals surface area contributed by atoms with Gasteiger partial charge in [-0.25, -0.2) is 8.78 Å². The predicted octanol–water partition coefficient (Wildman–Crippen LogP) is -0.0484. The molecular weight excluding hydrogens is 166 g/mol. The zero-order chi connectivity index (χ0) is 9.19. The fraction of sp³-hybridized carbons (Fsp3) is 0.667. The Hall–Kier alpha value is -1.04. The summed E-state index contributed by atoms with van der Waals surface area (Å²) in [6, 6.07) is 0. The van der Waals surface area contributed by atoms with Gasteiger partial charge in [-0.3, -0.25) is 4.68 Å². The van der Waals surface area contributed by atoms with Gasteiger partial charge in [-0.15, -0.1) is 5.10 Å². The molecule has 1 aromatic rings. The highest BCUT2D eigenvalue weighted by molar-refractivity contribution is 4.96. The molecule has 12 heavy (non-hydrogen) atoms. The molecule has 2 N–H and O–H groups in total. The van der Waals surface area contributed by atoms with Crippen molar-refractivity contribution in [2.24, 2.45) is 12.8 Å². The molecule has 0 amide bonds. The first-order chi connectivity index (χ1) is 5.53. The molecule has 0 aliphatic carbocycles. The van der Waals surface area contributed by atoms with E-state index in [0.717, 1.165) is 0 Å². The fourth-order valence-corrected chi connectivity index (χ4v) is 0.813. The SMILES string of the molecule is Cn1cc(CC(F)(F)CN)nn1. The van der Waals surface area contributed by atoms with Crippen molar-refractivity contribution in [3.05, 3.63) is 11.9 Å². The van der Waals surface area contributed by atoms with Gasteiger partial charge in [0.05, 0.1) is 18.7 Å². The Morgan fingerprint density at radius 2 is 2.33 bits per heavy atom. The van der Waals surface area contributed by atoms with E-state index in [4.69, 9.17) is 5.73 Å². The highest BCUT2D eigenvalue weighted by Gasteiger charge is 2.28. The number of alkyl halides is 2. The molecular formula is C6H10F2N4. The second-order valence-electron chi connectivity index (χ2n) is 2.62. The molecule has 0 aromatic carbocycles. The molecule has 0 spiro atoms. The van der Waals surface area contributed by atoms with Crippen molar-refractivity contribution in [1.82, 2.24) is 15.0 Å². The van der Waals surface area contributed by atoms with E-state index in [9.17, 15) is 8.78 Å². The van der Waals surface area contributed by atoms with Crippen LogP contribution in [0.5, 0.6) is 0 Å². The van der Waals surface area contributed by atoms with Crippen molar-refractivity contribution in [3.8, 4) is 0 Å². The van der Waals surface area contributed by atoms with Crippen LogP contribution in [0.4, 0.5) is 8.78 Å². The highest BCUT2D eigenvalue weighted by atomic mass is 19.3. The van der Waals surface area contributed by atoms with Crippen LogP contribution in [-0.2, 0) is 13.5 Å². The first-order valence-corrected chi connectivity index (χ1v) is 3.46. The van der Waals surface area contributed by atoms with E-state index >= 15 is 0 Å². The Balaban J connectivity index is 2.63. The van der Waals surface area contributed by atoms with Crippen LogP contribution >= 0.6 is 0 Å². The largest absolute Gasteiger partial charge is 0.325 e.